The standard InChI is InChI=1S/C3H4Cl2O2S/c4-2-1-3-8(5,6)7/h1-2H,3H2. The van der Waals surface area contributed by atoms with Gasteiger partial charge in [0.2, 0.25) is 9.05 Å². The monoisotopic (exact) mass is 174 g/mol. The largest absolute Gasteiger partial charge is 0.236 e. The molecule has 0 spiro atoms. The molecule has 48 valence electrons. The minimum atomic E-state index is -3.39. The normalized spacial score (nSPS) is 12.8. The smallest absolute Gasteiger partial charge is 0.212 e. The minimum absolute atomic E-state index is 0.210. The molecule has 0 aromatic carbocycles. The number of hydrogen-bond donors (Lipinski definition) is 0. The van der Waals surface area contributed by atoms with Gasteiger partial charge in [-0.3, -0.25) is 0 Å². The van der Waals surface area contributed by atoms with Gasteiger partial charge in [-0.05, 0) is 0 Å². The van der Waals surface area contributed by atoms with Crippen molar-refractivity contribution in [1.82, 2.24) is 0 Å². The Morgan fingerprint density at radius 1 is 1.50 bits per heavy atom. The van der Waals surface area contributed by atoms with Gasteiger partial charge in [0.1, 0.15) is 0 Å². The van der Waals surface area contributed by atoms with Crippen LogP contribution in [0.3, 0.4) is 0 Å². The van der Waals surface area contributed by atoms with Crippen molar-refractivity contribution in [2.24, 2.45) is 0 Å². The first kappa shape index (κ1) is 8.27. The molecule has 0 aliphatic carbocycles. The maximum Gasteiger partial charge on any atom is 0.236 e. The first-order valence-electron chi connectivity index (χ1n) is 1.74. The van der Waals surface area contributed by atoms with Crippen LogP contribution < -0.4 is 0 Å². The molecule has 0 aromatic heterocycles. The summed E-state index contributed by atoms with van der Waals surface area (Å²) in [6.45, 7) is 0. The lowest BCUT2D eigenvalue weighted by molar-refractivity contribution is 0.612. The van der Waals surface area contributed by atoms with Crippen molar-refractivity contribution in [3.05, 3.63) is 11.6 Å². The van der Waals surface area contributed by atoms with Crippen molar-refractivity contribution in [3.8, 4) is 0 Å². The van der Waals surface area contributed by atoms with E-state index in [1.165, 1.54) is 6.08 Å². The summed E-state index contributed by atoms with van der Waals surface area (Å²) in [7, 11) is 1.39. The van der Waals surface area contributed by atoms with Crippen LogP contribution >= 0.6 is 22.3 Å². The van der Waals surface area contributed by atoms with Gasteiger partial charge in [0.25, 0.3) is 0 Å². The SMILES string of the molecule is O=S(=O)(Cl)CC=CCl. The maximum absolute atomic E-state index is 10.0. The Labute approximate surface area is 57.5 Å². The molecule has 0 aliphatic rings. The van der Waals surface area contributed by atoms with E-state index in [4.69, 9.17) is 22.3 Å². The van der Waals surface area contributed by atoms with E-state index in [0.717, 1.165) is 5.54 Å². The van der Waals surface area contributed by atoms with Gasteiger partial charge in [0.15, 0.2) is 0 Å². The second-order valence-corrected chi connectivity index (χ2v) is 4.14. The predicted octanol–water partition coefficient (Wildman–Crippen LogP) is 1.31. The Hall–Kier alpha value is 0.270. The highest BCUT2D eigenvalue weighted by Crippen LogP contribution is 1.95. The highest BCUT2D eigenvalue weighted by Gasteiger charge is 1.98. The molecule has 0 saturated heterocycles. The molecule has 0 bridgehead atoms. The van der Waals surface area contributed by atoms with Crippen LogP contribution in [0.5, 0.6) is 0 Å². The molecule has 2 nitrogen and oxygen atoms in total. The molecule has 0 rings (SSSR count). The van der Waals surface area contributed by atoms with Gasteiger partial charge in [-0.15, -0.1) is 0 Å². The van der Waals surface area contributed by atoms with Crippen LogP contribution in [-0.2, 0) is 9.05 Å². The maximum atomic E-state index is 10.0. The lowest BCUT2D eigenvalue weighted by Crippen LogP contribution is -1.90. The van der Waals surface area contributed by atoms with Gasteiger partial charge >= 0.3 is 0 Å². The van der Waals surface area contributed by atoms with Crippen LogP contribution in [-0.4, -0.2) is 14.2 Å². The summed E-state index contributed by atoms with van der Waals surface area (Å²) < 4.78 is 20.1. The van der Waals surface area contributed by atoms with Gasteiger partial charge in [-0.25, -0.2) is 8.42 Å². The molecule has 0 unspecified atom stereocenters. The predicted molar refractivity (Wildman–Crippen MR) is 34.6 cm³/mol. The van der Waals surface area contributed by atoms with E-state index in [-0.39, 0.29) is 5.75 Å². The van der Waals surface area contributed by atoms with Crippen molar-refractivity contribution in [1.29, 1.82) is 0 Å². The van der Waals surface area contributed by atoms with E-state index < -0.39 is 9.05 Å². The molecule has 0 atom stereocenters. The van der Waals surface area contributed by atoms with Crippen LogP contribution in [0, 0.1) is 0 Å². The van der Waals surface area contributed by atoms with Gasteiger partial charge in [-0.2, -0.15) is 0 Å². The van der Waals surface area contributed by atoms with Gasteiger partial charge in [0.05, 0.1) is 5.75 Å². The third-order valence-corrected chi connectivity index (χ3v) is 1.53. The number of halogens is 2. The van der Waals surface area contributed by atoms with Crippen molar-refractivity contribution < 1.29 is 8.42 Å². The summed E-state index contributed by atoms with van der Waals surface area (Å²) in [5.41, 5.74) is 1.11. The quantitative estimate of drug-likeness (QED) is 0.593. The topological polar surface area (TPSA) is 34.1 Å². The highest BCUT2D eigenvalue weighted by atomic mass is 35.7. The Kier molecular flexibility index (Phi) is 3.44. The zero-order valence-corrected chi connectivity index (χ0v) is 6.17. The van der Waals surface area contributed by atoms with Gasteiger partial charge in [-0.1, -0.05) is 17.7 Å². The molecular formula is C3H4Cl2O2S. The van der Waals surface area contributed by atoms with Gasteiger partial charge in [0, 0.05) is 16.2 Å². The second kappa shape index (κ2) is 3.33. The summed E-state index contributed by atoms with van der Waals surface area (Å²) >= 11 is 5.00. The lowest BCUT2D eigenvalue weighted by atomic mass is 10.8. The summed E-state index contributed by atoms with van der Waals surface area (Å²) in [5, 5.41) is 0. The average molecular weight is 175 g/mol. The van der Waals surface area contributed by atoms with E-state index >= 15 is 0 Å². The summed E-state index contributed by atoms with van der Waals surface area (Å²) in [6.07, 6.45) is 1.25. The summed E-state index contributed by atoms with van der Waals surface area (Å²) in [5.74, 6) is -0.210. The molecule has 5 heteroatoms. The third kappa shape index (κ3) is 6.27. The molecule has 8 heavy (non-hydrogen) atoms. The van der Waals surface area contributed by atoms with Crippen LogP contribution in [0.1, 0.15) is 0 Å². The molecule has 0 aliphatic heterocycles. The fraction of sp³-hybridized carbons (Fsp3) is 0.333. The molecule has 0 radical (unpaired) electrons. The molecule has 0 heterocycles. The van der Waals surface area contributed by atoms with E-state index in [9.17, 15) is 8.42 Å². The van der Waals surface area contributed by atoms with Crippen molar-refractivity contribution in [3.63, 3.8) is 0 Å². The molecule has 0 N–H and O–H groups in total. The van der Waals surface area contributed by atoms with Crippen LogP contribution in [0.4, 0.5) is 0 Å². The van der Waals surface area contributed by atoms with Crippen LogP contribution in [0.25, 0.3) is 0 Å². The zero-order chi connectivity index (χ0) is 6.62. The Balaban J connectivity index is 3.76. The fourth-order valence-corrected chi connectivity index (χ4v) is 0.890. The lowest BCUT2D eigenvalue weighted by Gasteiger charge is -1.81. The van der Waals surface area contributed by atoms with E-state index in [1.807, 2.05) is 0 Å². The summed E-state index contributed by atoms with van der Waals surface area (Å²) in [4.78, 5) is 0. The third-order valence-electron chi connectivity index (χ3n) is 0.384. The molecular weight excluding hydrogens is 171 g/mol. The van der Waals surface area contributed by atoms with E-state index in [2.05, 4.69) is 0 Å². The number of rotatable bonds is 2. The van der Waals surface area contributed by atoms with Crippen LogP contribution in [0.2, 0.25) is 0 Å². The molecule has 0 saturated carbocycles. The Morgan fingerprint density at radius 3 is 2.12 bits per heavy atom. The average Bonchev–Trinajstić information content (AvgIpc) is 1.59. The van der Waals surface area contributed by atoms with Crippen LogP contribution in [0.15, 0.2) is 11.6 Å². The van der Waals surface area contributed by atoms with E-state index in [1.54, 1.807) is 0 Å². The molecule has 0 amide bonds. The highest BCUT2D eigenvalue weighted by molar-refractivity contribution is 8.13. The zero-order valence-electron chi connectivity index (χ0n) is 3.84. The Morgan fingerprint density at radius 2 is 2.00 bits per heavy atom. The first-order chi connectivity index (χ1) is 3.56. The van der Waals surface area contributed by atoms with E-state index in [0.29, 0.717) is 0 Å². The first-order valence-corrected chi connectivity index (χ1v) is 4.65. The fourth-order valence-electron chi connectivity index (χ4n) is 0.151. The molecule has 0 fully saturated rings. The Bertz CT molecular complexity index is 170. The van der Waals surface area contributed by atoms with Gasteiger partial charge < -0.3 is 0 Å². The second-order valence-electron chi connectivity index (χ2n) is 1.07. The van der Waals surface area contributed by atoms with Crippen molar-refractivity contribution in [2.75, 3.05) is 5.75 Å². The number of hydrogen-bond acceptors (Lipinski definition) is 2. The van der Waals surface area contributed by atoms with Crippen molar-refractivity contribution in [2.45, 2.75) is 0 Å². The molecule has 0 aromatic rings. The summed E-state index contributed by atoms with van der Waals surface area (Å²) in [6, 6.07) is 0. The van der Waals surface area contributed by atoms with Crippen molar-refractivity contribution >= 4 is 31.3 Å². The minimum Gasteiger partial charge on any atom is -0.212 e.